The smallest absolute Gasteiger partial charge is 0.217 e. The van der Waals surface area contributed by atoms with Gasteiger partial charge in [0.1, 0.15) is 11.3 Å². The third-order valence-electron chi connectivity index (χ3n) is 2.94. The predicted molar refractivity (Wildman–Crippen MR) is 75.6 cm³/mol. The van der Waals surface area contributed by atoms with E-state index in [1.165, 1.54) is 0 Å². The van der Waals surface area contributed by atoms with Crippen molar-refractivity contribution < 1.29 is 9.53 Å². The Bertz CT molecular complexity index is 641. The van der Waals surface area contributed by atoms with Crippen molar-refractivity contribution in [2.45, 2.75) is 19.8 Å². The molecule has 0 radical (unpaired) electrons. The molecule has 1 heterocycles. The van der Waals surface area contributed by atoms with Crippen molar-refractivity contribution in [2.24, 2.45) is 5.73 Å². The first-order chi connectivity index (χ1) is 9.02. The highest BCUT2D eigenvalue weighted by Gasteiger charge is 2.12. The van der Waals surface area contributed by atoms with Gasteiger partial charge in [-0.2, -0.15) is 0 Å². The molecule has 2 N–H and O–H groups in total. The molecule has 0 spiro atoms. The molecule has 4 nitrogen and oxygen atoms in total. The molecular formula is C14H15ClN2O2. The first-order valence-corrected chi connectivity index (χ1v) is 6.31. The molecule has 1 aromatic carbocycles. The number of rotatable bonds is 4. The van der Waals surface area contributed by atoms with E-state index in [0.717, 1.165) is 22.2 Å². The minimum absolute atomic E-state index is 0.284. The van der Waals surface area contributed by atoms with Crippen LogP contribution in [-0.2, 0) is 11.2 Å². The van der Waals surface area contributed by atoms with E-state index in [4.69, 9.17) is 22.1 Å². The van der Waals surface area contributed by atoms with E-state index >= 15 is 0 Å². The molecule has 1 aromatic heterocycles. The van der Waals surface area contributed by atoms with Crippen LogP contribution in [0.5, 0.6) is 5.75 Å². The van der Waals surface area contributed by atoms with E-state index in [1.807, 2.05) is 13.0 Å². The minimum atomic E-state index is -0.332. The number of hydrogen-bond donors (Lipinski definition) is 1. The SMILES string of the molecule is COc1ccc(Cl)c2c(CCC(N)=O)cc(C)nc12. The molecule has 0 unspecified atom stereocenters. The van der Waals surface area contributed by atoms with Crippen LogP contribution in [0.1, 0.15) is 17.7 Å². The lowest BCUT2D eigenvalue weighted by molar-refractivity contribution is -0.117. The Balaban J connectivity index is 2.65. The molecule has 2 aromatic rings. The molecule has 0 fully saturated rings. The zero-order valence-corrected chi connectivity index (χ0v) is 11.6. The number of hydrogen-bond acceptors (Lipinski definition) is 3. The van der Waals surface area contributed by atoms with Gasteiger partial charge in [0.05, 0.1) is 12.1 Å². The molecule has 0 saturated heterocycles. The number of pyridine rings is 1. The molecule has 0 aliphatic heterocycles. The normalized spacial score (nSPS) is 10.7. The average molecular weight is 279 g/mol. The second-order valence-electron chi connectivity index (χ2n) is 4.36. The monoisotopic (exact) mass is 278 g/mol. The van der Waals surface area contributed by atoms with E-state index in [9.17, 15) is 4.79 Å². The summed E-state index contributed by atoms with van der Waals surface area (Å²) in [4.78, 5) is 15.4. The van der Waals surface area contributed by atoms with Crippen LogP contribution in [0, 0.1) is 6.92 Å². The highest BCUT2D eigenvalue weighted by atomic mass is 35.5. The summed E-state index contributed by atoms with van der Waals surface area (Å²) < 4.78 is 5.31. The fraction of sp³-hybridized carbons (Fsp3) is 0.286. The maximum absolute atomic E-state index is 11.0. The molecule has 19 heavy (non-hydrogen) atoms. The fourth-order valence-electron chi connectivity index (χ4n) is 2.12. The van der Waals surface area contributed by atoms with Crippen molar-refractivity contribution in [3.05, 3.63) is 34.5 Å². The number of halogens is 1. The molecule has 100 valence electrons. The lowest BCUT2D eigenvalue weighted by atomic mass is 10.0. The number of amides is 1. The summed E-state index contributed by atoms with van der Waals surface area (Å²) in [5.41, 5.74) is 7.74. The van der Waals surface area contributed by atoms with Crippen molar-refractivity contribution >= 4 is 28.4 Å². The fourth-order valence-corrected chi connectivity index (χ4v) is 2.39. The Hall–Kier alpha value is -1.81. The second kappa shape index (κ2) is 5.45. The number of primary amides is 1. The number of nitrogens with zero attached hydrogens (tertiary/aromatic N) is 1. The first kappa shape index (κ1) is 13.6. The number of methoxy groups -OCH3 is 1. The molecular weight excluding hydrogens is 264 g/mol. The Morgan fingerprint density at radius 1 is 1.47 bits per heavy atom. The lowest BCUT2D eigenvalue weighted by Gasteiger charge is -2.11. The largest absolute Gasteiger partial charge is 0.494 e. The van der Waals surface area contributed by atoms with Gasteiger partial charge in [-0.05, 0) is 37.1 Å². The van der Waals surface area contributed by atoms with Gasteiger partial charge in [0.2, 0.25) is 5.91 Å². The number of ether oxygens (including phenoxy) is 1. The molecule has 0 aliphatic carbocycles. The van der Waals surface area contributed by atoms with Crippen LogP contribution >= 0.6 is 11.6 Å². The Labute approximate surface area is 116 Å². The van der Waals surface area contributed by atoms with Crippen molar-refractivity contribution in [2.75, 3.05) is 7.11 Å². The Morgan fingerprint density at radius 3 is 2.84 bits per heavy atom. The van der Waals surface area contributed by atoms with Gasteiger partial charge in [0, 0.05) is 17.5 Å². The van der Waals surface area contributed by atoms with Gasteiger partial charge in [0.15, 0.2) is 0 Å². The Kier molecular flexibility index (Phi) is 3.90. The minimum Gasteiger partial charge on any atom is -0.494 e. The summed E-state index contributed by atoms with van der Waals surface area (Å²) in [7, 11) is 1.59. The van der Waals surface area contributed by atoms with Gasteiger partial charge in [0.25, 0.3) is 0 Å². The van der Waals surface area contributed by atoms with Crippen LogP contribution in [0.25, 0.3) is 10.9 Å². The van der Waals surface area contributed by atoms with Gasteiger partial charge in [-0.25, -0.2) is 4.98 Å². The number of aryl methyl sites for hydroxylation is 2. The number of nitrogens with two attached hydrogens (primary N) is 1. The van der Waals surface area contributed by atoms with Crippen molar-refractivity contribution in [1.82, 2.24) is 4.98 Å². The number of aromatic nitrogens is 1. The van der Waals surface area contributed by atoms with Crippen LogP contribution in [0.2, 0.25) is 5.02 Å². The molecule has 2 rings (SSSR count). The van der Waals surface area contributed by atoms with E-state index < -0.39 is 0 Å². The molecule has 0 saturated carbocycles. The van der Waals surface area contributed by atoms with E-state index in [0.29, 0.717) is 17.2 Å². The number of carbonyl (C=O) groups excluding carboxylic acids is 1. The van der Waals surface area contributed by atoms with Gasteiger partial charge in [-0.1, -0.05) is 11.6 Å². The topological polar surface area (TPSA) is 65.2 Å². The summed E-state index contributed by atoms with van der Waals surface area (Å²) in [6.45, 7) is 1.90. The number of carbonyl (C=O) groups is 1. The predicted octanol–water partition coefficient (Wildman–Crippen LogP) is 2.62. The summed E-state index contributed by atoms with van der Waals surface area (Å²) >= 11 is 6.25. The maximum Gasteiger partial charge on any atom is 0.217 e. The van der Waals surface area contributed by atoms with Crippen LogP contribution in [0.4, 0.5) is 0 Å². The Morgan fingerprint density at radius 2 is 2.21 bits per heavy atom. The summed E-state index contributed by atoms with van der Waals surface area (Å²) in [5, 5.41) is 1.43. The lowest BCUT2D eigenvalue weighted by Crippen LogP contribution is -2.11. The van der Waals surface area contributed by atoms with Gasteiger partial charge in [-0.15, -0.1) is 0 Å². The first-order valence-electron chi connectivity index (χ1n) is 5.94. The molecule has 0 atom stereocenters. The summed E-state index contributed by atoms with van der Waals surface area (Å²) in [6, 6.07) is 5.49. The van der Waals surface area contributed by atoms with Crippen molar-refractivity contribution in [3.63, 3.8) is 0 Å². The third-order valence-corrected chi connectivity index (χ3v) is 3.26. The molecule has 0 aliphatic rings. The van der Waals surface area contributed by atoms with E-state index in [1.54, 1.807) is 19.2 Å². The van der Waals surface area contributed by atoms with Crippen LogP contribution < -0.4 is 10.5 Å². The van der Waals surface area contributed by atoms with Crippen molar-refractivity contribution in [1.29, 1.82) is 0 Å². The van der Waals surface area contributed by atoms with Gasteiger partial charge >= 0.3 is 0 Å². The average Bonchev–Trinajstić information content (AvgIpc) is 2.36. The number of benzene rings is 1. The van der Waals surface area contributed by atoms with Gasteiger partial charge in [-0.3, -0.25) is 4.79 Å². The van der Waals surface area contributed by atoms with Crippen LogP contribution in [-0.4, -0.2) is 18.0 Å². The second-order valence-corrected chi connectivity index (χ2v) is 4.77. The van der Waals surface area contributed by atoms with E-state index in [-0.39, 0.29) is 12.3 Å². The zero-order chi connectivity index (χ0) is 14.0. The van der Waals surface area contributed by atoms with Crippen LogP contribution in [0.3, 0.4) is 0 Å². The van der Waals surface area contributed by atoms with Crippen molar-refractivity contribution in [3.8, 4) is 5.75 Å². The van der Waals surface area contributed by atoms with Crippen LogP contribution in [0.15, 0.2) is 18.2 Å². The highest BCUT2D eigenvalue weighted by molar-refractivity contribution is 6.35. The third kappa shape index (κ3) is 2.79. The quantitative estimate of drug-likeness (QED) is 0.935. The molecule has 0 bridgehead atoms. The molecule has 5 heteroatoms. The summed E-state index contributed by atoms with van der Waals surface area (Å²) in [6.07, 6.45) is 0.828. The highest BCUT2D eigenvalue weighted by Crippen LogP contribution is 2.33. The maximum atomic E-state index is 11.0. The number of fused-ring (bicyclic) bond motifs is 1. The zero-order valence-electron chi connectivity index (χ0n) is 10.9. The molecule has 1 amide bonds. The van der Waals surface area contributed by atoms with Gasteiger partial charge < -0.3 is 10.5 Å². The standard InChI is InChI=1S/C14H15ClN2O2/c1-8-7-9(3-6-12(16)18)13-10(15)4-5-11(19-2)14(13)17-8/h4-5,7H,3,6H2,1-2H3,(H2,16,18). The van der Waals surface area contributed by atoms with E-state index in [2.05, 4.69) is 4.98 Å². The summed E-state index contributed by atoms with van der Waals surface area (Å²) in [5.74, 6) is 0.338.